The molecule has 1 aromatic carbocycles. The van der Waals surface area contributed by atoms with Crippen LogP contribution in [0, 0.1) is 0 Å². The number of nitrogens with zero attached hydrogens (tertiary/aromatic N) is 1. The first-order valence-electron chi connectivity index (χ1n) is 7.66. The monoisotopic (exact) mass is 309 g/mol. The Balaban J connectivity index is 2.20. The number of benzene rings is 1. The molecule has 1 aliphatic rings. The third kappa shape index (κ3) is 4.35. The fourth-order valence-corrected chi connectivity index (χ4v) is 3.27. The molecule has 1 aliphatic carbocycles. The maximum Gasteiger partial charge on any atom is 0.236 e. The summed E-state index contributed by atoms with van der Waals surface area (Å²) in [6.07, 6.45) is 4.61. The van der Waals surface area contributed by atoms with Crippen LogP contribution in [0.3, 0.4) is 0 Å². The van der Waals surface area contributed by atoms with Gasteiger partial charge in [-0.2, -0.15) is 0 Å². The summed E-state index contributed by atoms with van der Waals surface area (Å²) in [5.74, 6) is -0.310. The van der Waals surface area contributed by atoms with E-state index >= 15 is 0 Å². The van der Waals surface area contributed by atoms with Crippen molar-refractivity contribution in [1.29, 1.82) is 0 Å². The van der Waals surface area contributed by atoms with Gasteiger partial charge in [-0.15, -0.1) is 0 Å². The zero-order valence-electron chi connectivity index (χ0n) is 12.6. The highest BCUT2D eigenvalue weighted by Gasteiger charge is 2.25. The van der Waals surface area contributed by atoms with Crippen molar-refractivity contribution in [3.05, 3.63) is 28.8 Å². The Morgan fingerprint density at radius 1 is 1.43 bits per heavy atom. The fraction of sp³-hybridized carbons (Fsp3) is 0.562. The average molecular weight is 310 g/mol. The first kappa shape index (κ1) is 16.1. The number of rotatable bonds is 7. The number of nitrogens with one attached hydrogen (secondary N) is 1. The Hall–Kier alpha value is -1.26. The van der Waals surface area contributed by atoms with Crippen molar-refractivity contribution >= 4 is 23.2 Å². The van der Waals surface area contributed by atoms with Crippen molar-refractivity contribution in [2.75, 3.05) is 18.0 Å². The Morgan fingerprint density at radius 3 is 2.71 bits per heavy atom. The zero-order valence-corrected chi connectivity index (χ0v) is 13.3. The van der Waals surface area contributed by atoms with E-state index in [9.17, 15) is 4.79 Å². The van der Waals surface area contributed by atoms with Gasteiger partial charge in [0.25, 0.3) is 0 Å². The van der Waals surface area contributed by atoms with Crippen LogP contribution >= 0.6 is 11.6 Å². The summed E-state index contributed by atoms with van der Waals surface area (Å²) in [5.41, 5.74) is 7.48. The van der Waals surface area contributed by atoms with Crippen molar-refractivity contribution in [3.8, 4) is 0 Å². The lowest BCUT2D eigenvalue weighted by Gasteiger charge is -2.31. The van der Waals surface area contributed by atoms with Crippen LogP contribution in [0.1, 0.15) is 38.2 Å². The summed E-state index contributed by atoms with van der Waals surface area (Å²) in [6.45, 7) is 4.03. The number of amides is 1. The Bertz CT molecular complexity index is 486. The van der Waals surface area contributed by atoms with Crippen LogP contribution in [0.4, 0.5) is 5.69 Å². The number of primary amides is 1. The second-order valence-corrected chi connectivity index (χ2v) is 6.01. The van der Waals surface area contributed by atoms with E-state index in [4.69, 9.17) is 17.3 Å². The SMILES string of the molecule is CCNCc1ccc(N(CC(N)=O)C2CCCC2)c(Cl)c1. The van der Waals surface area contributed by atoms with Crippen molar-refractivity contribution < 1.29 is 4.79 Å². The number of halogens is 1. The quantitative estimate of drug-likeness (QED) is 0.814. The van der Waals surface area contributed by atoms with Crippen LogP contribution in [-0.2, 0) is 11.3 Å². The van der Waals surface area contributed by atoms with Gasteiger partial charge in [0.15, 0.2) is 0 Å². The highest BCUT2D eigenvalue weighted by Crippen LogP contribution is 2.33. The highest BCUT2D eigenvalue weighted by atomic mass is 35.5. The molecule has 0 heterocycles. The Morgan fingerprint density at radius 2 is 2.14 bits per heavy atom. The van der Waals surface area contributed by atoms with Crippen LogP contribution in [0.25, 0.3) is 0 Å². The second-order valence-electron chi connectivity index (χ2n) is 5.60. The number of hydrogen-bond donors (Lipinski definition) is 2. The van der Waals surface area contributed by atoms with Crippen molar-refractivity contribution in [2.24, 2.45) is 5.73 Å². The number of hydrogen-bond acceptors (Lipinski definition) is 3. The third-order valence-electron chi connectivity index (χ3n) is 3.99. The molecule has 5 heteroatoms. The Kier molecular flexibility index (Phi) is 5.88. The summed E-state index contributed by atoms with van der Waals surface area (Å²) >= 11 is 6.44. The lowest BCUT2D eigenvalue weighted by Crippen LogP contribution is -2.40. The number of carbonyl (C=O) groups excluding carboxylic acids is 1. The predicted molar refractivity (Wildman–Crippen MR) is 87.6 cm³/mol. The van der Waals surface area contributed by atoms with E-state index in [1.807, 2.05) is 12.1 Å². The van der Waals surface area contributed by atoms with Crippen LogP contribution < -0.4 is 16.0 Å². The molecule has 116 valence electrons. The molecule has 4 nitrogen and oxygen atoms in total. The molecule has 0 atom stereocenters. The Labute approximate surface area is 131 Å². The van der Waals surface area contributed by atoms with Gasteiger partial charge in [0, 0.05) is 12.6 Å². The zero-order chi connectivity index (χ0) is 15.2. The number of anilines is 1. The molecule has 1 aromatic rings. The third-order valence-corrected chi connectivity index (χ3v) is 4.30. The maximum atomic E-state index is 11.4. The summed E-state index contributed by atoms with van der Waals surface area (Å²) in [4.78, 5) is 13.5. The summed E-state index contributed by atoms with van der Waals surface area (Å²) in [6, 6.07) is 6.42. The van der Waals surface area contributed by atoms with Gasteiger partial charge in [0.05, 0.1) is 17.3 Å². The van der Waals surface area contributed by atoms with E-state index in [0.717, 1.165) is 37.2 Å². The standard InChI is InChI=1S/C16H24ClN3O/c1-2-19-10-12-7-8-15(14(17)9-12)20(11-16(18)21)13-5-3-4-6-13/h7-9,13,19H,2-6,10-11H2,1H3,(H2,18,21). The fourth-order valence-electron chi connectivity index (χ4n) is 2.96. The van der Waals surface area contributed by atoms with Gasteiger partial charge in [0.1, 0.15) is 0 Å². The lowest BCUT2D eigenvalue weighted by molar-refractivity contribution is -0.116. The molecule has 21 heavy (non-hydrogen) atoms. The largest absolute Gasteiger partial charge is 0.368 e. The molecule has 1 amide bonds. The molecule has 0 unspecified atom stereocenters. The van der Waals surface area contributed by atoms with Gasteiger partial charge in [-0.05, 0) is 37.1 Å². The minimum absolute atomic E-state index is 0.233. The number of carbonyl (C=O) groups is 1. The molecule has 0 radical (unpaired) electrons. The van der Waals surface area contributed by atoms with Crippen molar-refractivity contribution in [1.82, 2.24) is 5.32 Å². The van der Waals surface area contributed by atoms with E-state index in [2.05, 4.69) is 23.2 Å². The highest BCUT2D eigenvalue weighted by molar-refractivity contribution is 6.33. The molecule has 0 saturated heterocycles. The van der Waals surface area contributed by atoms with E-state index in [0.29, 0.717) is 11.1 Å². The second kappa shape index (κ2) is 7.66. The van der Waals surface area contributed by atoms with Gasteiger partial charge in [-0.25, -0.2) is 0 Å². The first-order chi connectivity index (χ1) is 10.1. The number of nitrogens with two attached hydrogens (primary N) is 1. The van der Waals surface area contributed by atoms with Crippen molar-refractivity contribution in [3.63, 3.8) is 0 Å². The molecular formula is C16H24ClN3O. The van der Waals surface area contributed by atoms with Gasteiger partial charge in [0.2, 0.25) is 5.91 Å². The summed E-state index contributed by atoms with van der Waals surface area (Å²) < 4.78 is 0. The molecule has 1 fully saturated rings. The molecule has 2 rings (SSSR count). The summed E-state index contributed by atoms with van der Waals surface area (Å²) in [7, 11) is 0. The predicted octanol–water partition coefficient (Wildman–Crippen LogP) is 2.68. The van der Waals surface area contributed by atoms with Gasteiger partial charge < -0.3 is 16.0 Å². The smallest absolute Gasteiger partial charge is 0.236 e. The van der Waals surface area contributed by atoms with E-state index in [1.54, 1.807) is 0 Å². The van der Waals surface area contributed by atoms with Crippen LogP contribution in [0.5, 0.6) is 0 Å². The molecule has 1 saturated carbocycles. The minimum Gasteiger partial charge on any atom is -0.368 e. The topological polar surface area (TPSA) is 58.4 Å². The van der Waals surface area contributed by atoms with E-state index < -0.39 is 0 Å². The summed E-state index contributed by atoms with van der Waals surface area (Å²) in [5, 5.41) is 3.97. The van der Waals surface area contributed by atoms with Gasteiger partial charge >= 0.3 is 0 Å². The van der Waals surface area contributed by atoms with E-state index in [-0.39, 0.29) is 12.5 Å². The van der Waals surface area contributed by atoms with E-state index in [1.165, 1.54) is 12.8 Å². The van der Waals surface area contributed by atoms with Gasteiger partial charge in [-0.1, -0.05) is 37.4 Å². The molecule has 0 aromatic heterocycles. The van der Waals surface area contributed by atoms with Crippen LogP contribution in [0.2, 0.25) is 5.02 Å². The normalized spacial score (nSPS) is 15.3. The van der Waals surface area contributed by atoms with Gasteiger partial charge in [-0.3, -0.25) is 4.79 Å². The van der Waals surface area contributed by atoms with Crippen LogP contribution in [-0.4, -0.2) is 25.0 Å². The first-order valence-corrected chi connectivity index (χ1v) is 8.03. The molecular weight excluding hydrogens is 286 g/mol. The molecule has 3 N–H and O–H groups in total. The maximum absolute atomic E-state index is 11.4. The molecule has 0 bridgehead atoms. The lowest BCUT2D eigenvalue weighted by atomic mass is 10.1. The molecule has 0 aliphatic heterocycles. The minimum atomic E-state index is -0.310. The average Bonchev–Trinajstić information content (AvgIpc) is 2.97. The van der Waals surface area contributed by atoms with Crippen molar-refractivity contribution in [2.45, 2.75) is 45.2 Å². The van der Waals surface area contributed by atoms with Crippen LogP contribution in [0.15, 0.2) is 18.2 Å². The molecule has 0 spiro atoms.